The number of carbonyl (C=O) groups is 1. The summed E-state index contributed by atoms with van der Waals surface area (Å²) in [6.45, 7) is 2.32. The molecule has 1 heterocycles. The Balaban J connectivity index is 2.02. The standard InChI is InChI=1S/C19H17NO3/c1-2-22-13-16-19(21)23-18(20-16)17(14-9-5-3-6-10-14)15-11-7-4-8-12-15/h3-13,17H,2H2,1H3. The van der Waals surface area contributed by atoms with Crippen molar-refractivity contribution < 1.29 is 14.3 Å². The molecule has 4 heteroatoms. The van der Waals surface area contributed by atoms with Crippen LogP contribution in [0.25, 0.3) is 0 Å². The van der Waals surface area contributed by atoms with Crippen molar-refractivity contribution in [2.75, 3.05) is 6.61 Å². The summed E-state index contributed by atoms with van der Waals surface area (Å²) < 4.78 is 10.6. The molecule has 4 nitrogen and oxygen atoms in total. The van der Waals surface area contributed by atoms with Gasteiger partial charge in [-0.05, 0) is 18.1 Å². The first kappa shape index (κ1) is 15.0. The van der Waals surface area contributed by atoms with Crippen molar-refractivity contribution >= 4 is 11.9 Å². The maximum atomic E-state index is 12.0. The van der Waals surface area contributed by atoms with Gasteiger partial charge in [0.1, 0.15) is 6.26 Å². The lowest BCUT2D eigenvalue weighted by atomic mass is 9.91. The molecule has 0 fully saturated rings. The first-order chi connectivity index (χ1) is 11.3. The van der Waals surface area contributed by atoms with E-state index < -0.39 is 5.97 Å². The van der Waals surface area contributed by atoms with Gasteiger partial charge < -0.3 is 9.47 Å². The van der Waals surface area contributed by atoms with Gasteiger partial charge >= 0.3 is 5.97 Å². The molecule has 0 N–H and O–H groups in total. The van der Waals surface area contributed by atoms with Crippen LogP contribution in [0, 0.1) is 0 Å². The number of ether oxygens (including phenoxy) is 2. The van der Waals surface area contributed by atoms with E-state index in [1.54, 1.807) is 0 Å². The molecule has 0 unspecified atom stereocenters. The van der Waals surface area contributed by atoms with Crippen LogP contribution in [-0.4, -0.2) is 18.5 Å². The lowest BCUT2D eigenvalue weighted by molar-refractivity contribution is -0.130. The van der Waals surface area contributed by atoms with Crippen LogP contribution in [0.5, 0.6) is 0 Å². The number of cyclic esters (lactones) is 1. The summed E-state index contributed by atoms with van der Waals surface area (Å²) in [5.41, 5.74) is 2.23. The molecular formula is C19H17NO3. The van der Waals surface area contributed by atoms with Crippen LogP contribution < -0.4 is 0 Å². The van der Waals surface area contributed by atoms with Gasteiger partial charge in [0.15, 0.2) is 5.70 Å². The van der Waals surface area contributed by atoms with Crippen molar-refractivity contribution in [3.05, 3.63) is 83.7 Å². The molecule has 3 rings (SSSR count). The third-order valence-electron chi connectivity index (χ3n) is 3.51. The summed E-state index contributed by atoms with van der Waals surface area (Å²) in [6, 6.07) is 19.7. The Bertz CT molecular complexity index is 696. The van der Waals surface area contributed by atoms with Gasteiger partial charge in [-0.2, -0.15) is 0 Å². The highest BCUT2D eigenvalue weighted by atomic mass is 16.6. The maximum Gasteiger partial charge on any atom is 0.366 e. The predicted octanol–water partition coefficient (Wildman–Crippen LogP) is 3.65. The predicted molar refractivity (Wildman–Crippen MR) is 88.0 cm³/mol. The minimum absolute atomic E-state index is 0.193. The number of carbonyl (C=O) groups excluding carboxylic acids is 1. The van der Waals surface area contributed by atoms with Gasteiger partial charge in [0.25, 0.3) is 0 Å². The van der Waals surface area contributed by atoms with E-state index in [2.05, 4.69) is 4.99 Å². The molecule has 0 aliphatic carbocycles. The minimum Gasteiger partial charge on any atom is -0.499 e. The fourth-order valence-corrected chi connectivity index (χ4v) is 2.46. The van der Waals surface area contributed by atoms with E-state index in [4.69, 9.17) is 9.47 Å². The largest absolute Gasteiger partial charge is 0.499 e. The first-order valence-electron chi connectivity index (χ1n) is 7.52. The zero-order chi connectivity index (χ0) is 16.1. The fourth-order valence-electron chi connectivity index (χ4n) is 2.46. The molecular weight excluding hydrogens is 290 g/mol. The van der Waals surface area contributed by atoms with Crippen LogP contribution in [-0.2, 0) is 14.3 Å². The monoisotopic (exact) mass is 307 g/mol. The smallest absolute Gasteiger partial charge is 0.366 e. The molecule has 0 saturated heterocycles. The van der Waals surface area contributed by atoms with Gasteiger partial charge in [0.2, 0.25) is 5.90 Å². The molecule has 116 valence electrons. The van der Waals surface area contributed by atoms with Crippen molar-refractivity contribution in [2.24, 2.45) is 4.99 Å². The van der Waals surface area contributed by atoms with E-state index in [0.29, 0.717) is 12.5 Å². The quantitative estimate of drug-likeness (QED) is 0.481. The number of nitrogens with zero attached hydrogens (tertiary/aromatic N) is 1. The molecule has 2 aromatic carbocycles. The van der Waals surface area contributed by atoms with Crippen LogP contribution in [0.3, 0.4) is 0 Å². The number of benzene rings is 2. The molecule has 0 atom stereocenters. The molecule has 0 aromatic heterocycles. The van der Waals surface area contributed by atoms with E-state index in [0.717, 1.165) is 11.1 Å². The number of hydrogen-bond acceptors (Lipinski definition) is 4. The van der Waals surface area contributed by atoms with E-state index in [9.17, 15) is 4.79 Å². The number of esters is 1. The Morgan fingerprint density at radius 3 is 2.13 bits per heavy atom. The summed E-state index contributed by atoms with van der Waals surface area (Å²) in [4.78, 5) is 16.3. The van der Waals surface area contributed by atoms with E-state index in [1.807, 2.05) is 67.6 Å². The van der Waals surface area contributed by atoms with Gasteiger partial charge in [-0.15, -0.1) is 0 Å². The summed E-state index contributed by atoms with van der Waals surface area (Å²) in [5, 5.41) is 0. The van der Waals surface area contributed by atoms with Gasteiger partial charge in [-0.25, -0.2) is 9.79 Å². The van der Waals surface area contributed by atoms with Crippen molar-refractivity contribution in [3.8, 4) is 0 Å². The third kappa shape index (κ3) is 3.31. The Kier molecular flexibility index (Phi) is 4.52. The lowest BCUT2D eigenvalue weighted by Crippen LogP contribution is -2.16. The highest BCUT2D eigenvalue weighted by molar-refractivity contribution is 6.07. The van der Waals surface area contributed by atoms with Gasteiger partial charge in [-0.1, -0.05) is 60.7 Å². The summed E-state index contributed by atoms with van der Waals surface area (Å²) >= 11 is 0. The minimum atomic E-state index is -0.481. The summed E-state index contributed by atoms with van der Waals surface area (Å²) in [7, 11) is 0. The lowest BCUT2D eigenvalue weighted by Gasteiger charge is -2.16. The van der Waals surface area contributed by atoms with Crippen molar-refractivity contribution in [1.82, 2.24) is 0 Å². The van der Waals surface area contributed by atoms with Crippen molar-refractivity contribution in [1.29, 1.82) is 0 Å². The molecule has 0 amide bonds. The molecule has 1 aliphatic rings. The molecule has 0 saturated carbocycles. The third-order valence-corrected chi connectivity index (χ3v) is 3.51. The highest BCUT2D eigenvalue weighted by Gasteiger charge is 2.31. The van der Waals surface area contributed by atoms with Gasteiger partial charge in [-0.3, -0.25) is 0 Å². The van der Waals surface area contributed by atoms with Crippen LogP contribution in [0.1, 0.15) is 24.0 Å². The number of rotatable bonds is 5. The van der Waals surface area contributed by atoms with E-state index in [1.165, 1.54) is 6.26 Å². The summed E-state index contributed by atoms with van der Waals surface area (Å²) in [5.74, 6) is -0.336. The topological polar surface area (TPSA) is 47.9 Å². The summed E-state index contributed by atoms with van der Waals surface area (Å²) in [6.07, 6.45) is 1.35. The Morgan fingerprint density at radius 1 is 1.04 bits per heavy atom. The second kappa shape index (κ2) is 6.92. The molecule has 0 bridgehead atoms. The molecule has 1 aliphatic heterocycles. The average Bonchev–Trinajstić information content (AvgIpc) is 2.95. The number of hydrogen-bond donors (Lipinski definition) is 0. The average molecular weight is 307 g/mol. The van der Waals surface area contributed by atoms with E-state index in [-0.39, 0.29) is 11.6 Å². The number of aliphatic imine (C=N–C) groups is 1. The van der Waals surface area contributed by atoms with Crippen molar-refractivity contribution in [3.63, 3.8) is 0 Å². The molecule has 2 aromatic rings. The van der Waals surface area contributed by atoms with Gasteiger partial charge in [0.05, 0.1) is 12.5 Å². The van der Waals surface area contributed by atoms with E-state index >= 15 is 0 Å². The second-order valence-corrected chi connectivity index (χ2v) is 5.05. The maximum absolute atomic E-state index is 12.0. The molecule has 0 radical (unpaired) electrons. The van der Waals surface area contributed by atoms with Crippen LogP contribution >= 0.6 is 0 Å². The van der Waals surface area contributed by atoms with Crippen LogP contribution in [0.2, 0.25) is 0 Å². The van der Waals surface area contributed by atoms with Crippen LogP contribution in [0.4, 0.5) is 0 Å². The molecule has 23 heavy (non-hydrogen) atoms. The normalized spacial score (nSPS) is 15.7. The Hall–Kier alpha value is -2.88. The fraction of sp³-hybridized carbons (Fsp3) is 0.158. The zero-order valence-corrected chi connectivity index (χ0v) is 12.8. The van der Waals surface area contributed by atoms with Gasteiger partial charge in [0, 0.05) is 0 Å². The van der Waals surface area contributed by atoms with Crippen LogP contribution in [0.15, 0.2) is 77.6 Å². The SMILES string of the molecule is CCOC=C1N=C(C(c2ccccc2)c2ccccc2)OC1=O. The Morgan fingerprint density at radius 2 is 1.61 bits per heavy atom. The molecule has 0 spiro atoms. The zero-order valence-electron chi connectivity index (χ0n) is 12.8. The van der Waals surface area contributed by atoms with Crippen molar-refractivity contribution in [2.45, 2.75) is 12.8 Å². The highest BCUT2D eigenvalue weighted by Crippen LogP contribution is 2.30. The Labute approximate surface area is 135 Å². The second-order valence-electron chi connectivity index (χ2n) is 5.05. The first-order valence-corrected chi connectivity index (χ1v) is 7.52.